The summed E-state index contributed by atoms with van der Waals surface area (Å²) in [5.41, 5.74) is 2.11. The molecule has 0 bridgehead atoms. The molecule has 1 atom stereocenters. The standard InChI is InChI=1S/C28H42N2O9S/c1-2-28(34)39-40(35,36)30-25-10-8-9-22(17-25)21-38-16-15-37-14-7-5-3-4-6-13-29-19-27(33)23-11-12-26(32)24(18-23)20-31/h8-12,17-18,27,29-33H,2-7,13-16,19-21H2,1H3/t27-/m0/s1. The summed E-state index contributed by atoms with van der Waals surface area (Å²) < 4.78 is 41.5. The van der Waals surface area contributed by atoms with E-state index in [-0.39, 0.29) is 31.1 Å². The van der Waals surface area contributed by atoms with Gasteiger partial charge >= 0.3 is 16.3 Å². The molecule has 0 aliphatic heterocycles. The quantitative estimate of drug-likeness (QED) is 0.138. The predicted octanol–water partition coefficient (Wildman–Crippen LogP) is 3.30. The summed E-state index contributed by atoms with van der Waals surface area (Å²) in [5, 5.41) is 32.3. The fourth-order valence-electron chi connectivity index (χ4n) is 3.76. The van der Waals surface area contributed by atoms with Crippen molar-refractivity contribution in [3.8, 4) is 5.75 Å². The van der Waals surface area contributed by atoms with Gasteiger partial charge in [-0.25, -0.2) is 0 Å². The maximum absolute atomic E-state index is 11.8. The molecule has 224 valence electrons. The van der Waals surface area contributed by atoms with Crippen LogP contribution >= 0.6 is 0 Å². The summed E-state index contributed by atoms with van der Waals surface area (Å²) in [6, 6.07) is 11.4. The van der Waals surface area contributed by atoms with Gasteiger partial charge in [0.05, 0.1) is 38.2 Å². The molecule has 2 rings (SSSR count). The largest absolute Gasteiger partial charge is 0.508 e. The number of phenols is 1. The molecule has 12 heteroatoms. The lowest BCUT2D eigenvalue weighted by Crippen LogP contribution is -2.22. The first-order valence-electron chi connectivity index (χ1n) is 13.5. The van der Waals surface area contributed by atoms with Gasteiger partial charge in [-0.05, 0) is 54.8 Å². The number of aliphatic hydroxyl groups is 2. The maximum Gasteiger partial charge on any atom is 0.409 e. The second kappa shape index (κ2) is 18.6. The van der Waals surface area contributed by atoms with Crippen LogP contribution in [0, 0.1) is 0 Å². The van der Waals surface area contributed by atoms with Gasteiger partial charge in [-0.1, -0.05) is 44.4 Å². The molecule has 0 saturated heterocycles. The van der Waals surface area contributed by atoms with Gasteiger partial charge in [0.2, 0.25) is 0 Å². The van der Waals surface area contributed by atoms with Gasteiger partial charge in [-0.3, -0.25) is 9.52 Å². The minimum Gasteiger partial charge on any atom is -0.508 e. The Morgan fingerprint density at radius 1 is 0.975 bits per heavy atom. The lowest BCUT2D eigenvalue weighted by molar-refractivity contribution is -0.133. The van der Waals surface area contributed by atoms with Crippen LogP contribution in [0.25, 0.3) is 0 Å². The first-order valence-corrected chi connectivity index (χ1v) is 15.0. The highest BCUT2D eigenvalue weighted by Gasteiger charge is 2.16. The van der Waals surface area contributed by atoms with Gasteiger partial charge in [-0.15, -0.1) is 0 Å². The number of benzene rings is 2. The van der Waals surface area contributed by atoms with Crippen LogP contribution in [0.15, 0.2) is 42.5 Å². The molecule has 11 nitrogen and oxygen atoms in total. The van der Waals surface area contributed by atoms with Crippen molar-refractivity contribution in [3.05, 3.63) is 59.2 Å². The molecule has 2 aromatic rings. The number of aliphatic hydroxyl groups excluding tert-OH is 2. The molecule has 0 heterocycles. The van der Waals surface area contributed by atoms with E-state index in [0.717, 1.165) is 44.2 Å². The second-order valence-corrected chi connectivity index (χ2v) is 10.5. The van der Waals surface area contributed by atoms with E-state index in [2.05, 4.69) is 14.2 Å². The molecule has 0 amide bonds. The smallest absolute Gasteiger partial charge is 0.409 e. The van der Waals surface area contributed by atoms with Crippen molar-refractivity contribution in [2.75, 3.05) is 37.6 Å². The first kappa shape index (κ1) is 33.5. The Kier molecular flexibility index (Phi) is 15.5. The third-order valence-electron chi connectivity index (χ3n) is 5.94. The van der Waals surface area contributed by atoms with E-state index >= 15 is 0 Å². The van der Waals surface area contributed by atoms with Gasteiger partial charge in [0.1, 0.15) is 5.75 Å². The van der Waals surface area contributed by atoms with Crippen molar-refractivity contribution in [2.45, 2.75) is 64.8 Å². The van der Waals surface area contributed by atoms with E-state index in [1.807, 2.05) is 0 Å². The minimum absolute atomic E-state index is 0.0222. The fourth-order valence-corrected chi connectivity index (χ4v) is 4.58. The molecule has 0 aromatic heterocycles. The van der Waals surface area contributed by atoms with Gasteiger partial charge in [0.15, 0.2) is 0 Å². The number of nitrogens with one attached hydrogen (secondary N) is 2. The van der Waals surface area contributed by atoms with E-state index in [1.54, 1.807) is 36.4 Å². The Bertz CT molecular complexity index is 1130. The summed E-state index contributed by atoms with van der Waals surface area (Å²) in [4.78, 5) is 11.2. The molecule has 40 heavy (non-hydrogen) atoms. The summed E-state index contributed by atoms with van der Waals surface area (Å²) in [6.45, 7) is 4.27. The highest BCUT2D eigenvalue weighted by molar-refractivity contribution is 7.88. The molecule has 0 saturated carbocycles. The van der Waals surface area contributed by atoms with E-state index in [4.69, 9.17) is 9.47 Å². The SMILES string of the molecule is CCC(=O)OS(=O)(=O)Nc1cccc(COCCOCCCCCCCNC[C@H](O)c2ccc(O)c(CO)c2)c1. The number of ether oxygens (including phenoxy) is 2. The zero-order valence-electron chi connectivity index (χ0n) is 23.0. The molecule has 0 unspecified atom stereocenters. The van der Waals surface area contributed by atoms with Crippen molar-refractivity contribution in [2.24, 2.45) is 0 Å². The van der Waals surface area contributed by atoms with Gasteiger partial charge in [0.25, 0.3) is 0 Å². The number of unbranched alkanes of at least 4 members (excludes halogenated alkanes) is 4. The zero-order chi connectivity index (χ0) is 29.2. The maximum atomic E-state index is 11.8. The topological polar surface area (TPSA) is 164 Å². The van der Waals surface area contributed by atoms with Crippen LogP contribution in [0.1, 0.15) is 68.2 Å². The molecule has 0 spiro atoms. The van der Waals surface area contributed by atoms with Crippen LogP contribution in [-0.4, -0.2) is 62.6 Å². The van der Waals surface area contributed by atoms with Crippen LogP contribution in [0.5, 0.6) is 5.75 Å². The number of anilines is 1. The summed E-state index contributed by atoms with van der Waals surface area (Å²) in [7, 11) is -4.21. The number of carbonyl (C=O) groups is 1. The highest BCUT2D eigenvalue weighted by atomic mass is 32.2. The highest BCUT2D eigenvalue weighted by Crippen LogP contribution is 2.22. The average molecular weight is 583 g/mol. The van der Waals surface area contributed by atoms with Crippen LogP contribution in [-0.2, 0) is 42.0 Å². The van der Waals surface area contributed by atoms with Crippen molar-refractivity contribution in [3.63, 3.8) is 0 Å². The monoisotopic (exact) mass is 582 g/mol. The lowest BCUT2D eigenvalue weighted by Gasteiger charge is -2.14. The Morgan fingerprint density at radius 3 is 2.50 bits per heavy atom. The average Bonchev–Trinajstić information content (AvgIpc) is 2.92. The number of rotatable bonds is 21. The molecule has 5 N–H and O–H groups in total. The summed E-state index contributed by atoms with van der Waals surface area (Å²) in [5.74, 6) is -0.812. The van der Waals surface area contributed by atoms with E-state index in [0.29, 0.717) is 37.5 Å². The molecular formula is C28H42N2O9S. The van der Waals surface area contributed by atoms with E-state index in [9.17, 15) is 28.5 Å². The second-order valence-electron chi connectivity index (χ2n) is 9.26. The van der Waals surface area contributed by atoms with E-state index in [1.165, 1.54) is 13.0 Å². The van der Waals surface area contributed by atoms with Gasteiger partial charge in [0, 0.05) is 25.1 Å². The van der Waals surface area contributed by atoms with Crippen molar-refractivity contribution in [1.82, 2.24) is 5.32 Å². The lowest BCUT2D eigenvalue weighted by atomic mass is 10.1. The molecule has 0 radical (unpaired) electrons. The predicted molar refractivity (Wildman–Crippen MR) is 151 cm³/mol. The van der Waals surface area contributed by atoms with Gasteiger partial charge in [-0.2, -0.15) is 8.42 Å². The number of hydrogen-bond acceptors (Lipinski definition) is 10. The first-order chi connectivity index (χ1) is 19.2. The third-order valence-corrected chi connectivity index (χ3v) is 6.83. The third kappa shape index (κ3) is 13.6. The van der Waals surface area contributed by atoms with Crippen molar-refractivity contribution in [1.29, 1.82) is 0 Å². The van der Waals surface area contributed by atoms with Crippen LogP contribution in [0.2, 0.25) is 0 Å². The number of hydrogen-bond donors (Lipinski definition) is 5. The zero-order valence-corrected chi connectivity index (χ0v) is 23.8. The molecular weight excluding hydrogens is 540 g/mol. The normalized spacial score (nSPS) is 12.3. The Labute approximate surface area is 236 Å². The number of carbonyl (C=O) groups excluding carboxylic acids is 1. The van der Waals surface area contributed by atoms with Crippen LogP contribution in [0.4, 0.5) is 5.69 Å². The Hall–Kier alpha value is -2.74. The number of aromatic hydroxyl groups is 1. The van der Waals surface area contributed by atoms with Crippen LogP contribution < -0.4 is 10.0 Å². The molecule has 0 aliphatic rings. The Balaban J connectivity index is 1.45. The fraction of sp³-hybridized carbons (Fsp3) is 0.536. The van der Waals surface area contributed by atoms with E-state index < -0.39 is 22.4 Å². The van der Waals surface area contributed by atoms with Gasteiger partial charge < -0.3 is 34.3 Å². The van der Waals surface area contributed by atoms with Crippen molar-refractivity contribution >= 4 is 22.0 Å². The minimum atomic E-state index is -4.21. The summed E-state index contributed by atoms with van der Waals surface area (Å²) in [6.07, 6.45) is 4.47. The summed E-state index contributed by atoms with van der Waals surface area (Å²) >= 11 is 0. The van der Waals surface area contributed by atoms with Crippen molar-refractivity contribution < 1.29 is 42.2 Å². The molecule has 2 aromatic carbocycles. The molecule has 0 fully saturated rings. The Morgan fingerprint density at radius 2 is 1.73 bits per heavy atom. The van der Waals surface area contributed by atoms with Crippen LogP contribution in [0.3, 0.4) is 0 Å². The molecule has 0 aliphatic carbocycles.